The van der Waals surface area contributed by atoms with Crippen molar-refractivity contribution in [2.45, 2.75) is 38.2 Å². The number of methoxy groups -OCH3 is 1. The van der Waals surface area contributed by atoms with Gasteiger partial charge in [0.15, 0.2) is 5.78 Å². The van der Waals surface area contributed by atoms with Crippen molar-refractivity contribution in [3.05, 3.63) is 123 Å². The van der Waals surface area contributed by atoms with Crippen LogP contribution >= 0.6 is 15.9 Å². The molecular formula is C31H28BrNO4. The summed E-state index contributed by atoms with van der Waals surface area (Å²) in [5.41, 5.74) is 5.62. The number of ketones is 1. The maximum atomic E-state index is 13.7. The van der Waals surface area contributed by atoms with E-state index in [-0.39, 0.29) is 18.3 Å². The van der Waals surface area contributed by atoms with Gasteiger partial charge in [0.2, 0.25) is 0 Å². The molecular weight excluding hydrogens is 530 g/mol. The first-order chi connectivity index (χ1) is 17.9. The molecule has 0 saturated carbocycles. The lowest BCUT2D eigenvalue weighted by molar-refractivity contribution is -0.140. The van der Waals surface area contributed by atoms with Gasteiger partial charge in [0.25, 0.3) is 0 Å². The van der Waals surface area contributed by atoms with E-state index < -0.39 is 11.9 Å². The van der Waals surface area contributed by atoms with Crippen LogP contribution in [0.25, 0.3) is 0 Å². The van der Waals surface area contributed by atoms with E-state index in [2.05, 4.69) is 21.2 Å². The van der Waals surface area contributed by atoms with Crippen molar-refractivity contribution >= 4 is 27.7 Å². The number of halogens is 1. The van der Waals surface area contributed by atoms with Gasteiger partial charge >= 0.3 is 5.97 Å². The molecule has 37 heavy (non-hydrogen) atoms. The monoisotopic (exact) mass is 557 g/mol. The van der Waals surface area contributed by atoms with Crippen molar-refractivity contribution in [2.24, 2.45) is 0 Å². The fraction of sp³-hybridized carbons (Fsp3) is 0.226. The number of esters is 1. The highest BCUT2D eigenvalue weighted by molar-refractivity contribution is 9.10. The first kappa shape index (κ1) is 25.0. The highest BCUT2D eigenvalue weighted by Crippen LogP contribution is 2.46. The maximum Gasteiger partial charge on any atom is 0.337 e. The molecule has 0 radical (unpaired) electrons. The average molecular weight is 558 g/mol. The van der Waals surface area contributed by atoms with Crippen LogP contribution in [0.5, 0.6) is 5.75 Å². The van der Waals surface area contributed by atoms with E-state index in [1.54, 1.807) is 7.11 Å². The molecule has 1 aliphatic heterocycles. The first-order valence-corrected chi connectivity index (χ1v) is 13.1. The molecule has 0 amide bonds. The van der Waals surface area contributed by atoms with E-state index in [9.17, 15) is 9.59 Å². The van der Waals surface area contributed by atoms with Gasteiger partial charge in [0.05, 0.1) is 12.7 Å². The highest BCUT2D eigenvalue weighted by Gasteiger charge is 2.41. The fourth-order valence-corrected chi connectivity index (χ4v) is 5.48. The summed E-state index contributed by atoms with van der Waals surface area (Å²) in [4.78, 5) is 27.2. The zero-order chi connectivity index (χ0) is 25.9. The summed E-state index contributed by atoms with van der Waals surface area (Å²) in [7, 11) is 1.64. The molecule has 5 rings (SSSR count). The van der Waals surface area contributed by atoms with Crippen LogP contribution < -0.4 is 10.1 Å². The van der Waals surface area contributed by atoms with E-state index in [4.69, 9.17) is 9.47 Å². The van der Waals surface area contributed by atoms with Crippen LogP contribution in [0, 0.1) is 0 Å². The van der Waals surface area contributed by atoms with Crippen LogP contribution in [0.2, 0.25) is 0 Å². The van der Waals surface area contributed by atoms with Gasteiger partial charge in [0, 0.05) is 33.8 Å². The second-order valence-corrected chi connectivity index (χ2v) is 10.3. The number of nitrogens with one attached hydrogen (secondary N) is 1. The molecule has 3 aromatic rings. The maximum absolute atomic E-state index is 13.7. The summed E-state index contributed by atoms with van der Waals surface area (Å²) in [5, 5.41) is 3.41. The number of Topliss-reactive ketones (excluding diaryl/α,β-unsaturated/α-hetero) is 1. The third-order valence-electron chi connectivity index (χ3n) is 7.05. The molecule has 0 unspecified atom stereocenters. The van der Waals surface area contributed by atoms with Crippen molar-refractivity contribution in [3.8, 4) is 5.75 Å². The van der Waals surface area contributed by atoms with Gasteiger partial charge in [-0.2, -0.15) is 0 Å². The predicted octanol–water partition coefficient (Wildman–Crippen LogP) is 6.56. The smallest absolute Gasteiger partial charge is 0.337 e. The van der Waals surface area contributed by atoms with Gasteiger partial charge in [-0.15, -0.1) is 0 Å². The number of hydrogen-bond acceptors (Lipinski definition) is 5. The minimum Gasteiger partial charge on any atom is -0.497 e. The number of hydrogen-bond donors (Lipinski definition) is 1. The largest absolute Gasteiger partial charge is 0.497 e. The summed E-state index contributed by atoms with van der Waals surface area (Å²) in [6.45, 7) is 2.05. The Balaban J connectivity index is 1.49. The Kier molecular flexibility index (Phi) is 7.28. The summed E-state index contributed by atoms with van der Waals surface area (Å²) in [6.07, 6.45) is 1.06. The lowest BCUT2D eigenvalue weighted by atomic mass is 9.72. The number of rotatable bonds is 6. The normalized spacial score (nSPS) is 19.3. The number of allylic oxidation sites excluding steroid dienone is 3. The van der Waals surface area contributed by atoms with Crippen molar-refractivity contribution in [2.75, 3.05) is 7.11 Å². The lowest BCUT2D eigenvalue weighted by Gasteiger charge is -2.36. The minimum absolute atomic E-state index is 0.0448. The first-order valence-electron chi connectivity index (χ1n) is 12.3. The van der Waals surface area contributed by atoms with Crippen molar-refractivity contribution in [1.29, 1.82) is 0 Å². The molecule has 1 heterocycles. The van der Waals surface area contributed by atoms with Crippen LogP contribution in [-0.4, -0.2) is 18.9 Å². The van der Waals surface area contributed by atoms with Gasteiger partial charge in [-0.05, 0) is 60.2 Å². The Labute approximate surface area is 225 Å². The Morgan fingerprint density at radius 1 is 0.946 bits per heavy atom. The Morgan fingerprint density at radius 3 is 2.30 bits per heavy atom. The summed E-state index contributed by atoms with van der Waals surface area (Å²) in [5.74, 6) is -0.0254. The quantitative estimate of drug-likeness (QED) is 0.347. The highest BCUT2D eigenvalue weighted by atomic mass is 79.9. The molecule has 0 spiro atoms. The Bertz CT molecular complexity index is 1370. The summed E-state index contributed by atoms with van der Waals surface area (Å²) in [6, 6.07) is 25.3. The molecule has 6 heteroatoms. The van der Waals surface area contributed by atoms with E-state index in [0.717, 1.165) is 32.6 Å². The molecule has 0 fully saturated rings. The lowest BCUT2D eigenvalue weighted by Crippen LogP contribution is -2.36. The predicted molar refractivity (Wildman–Crippen MR) is 146 cm³/mol. The second kappa shape index (κ2) is 10.8. The Morgan fingerprint density at radius 2 is 1.62 bits per heavy atom. The van der Waals surface area contributed by atoms with Crippen LogP contribution in [0.4, 0.5) is 0 Å². The van der Waals surface area contributed by atoms with Gasteiger partial charge in [-0.1, -0.05) is 70.5 Å². The van der Waals surface area contributed by atoms with E-state index >= 15 is 0 Å². The molecule has 5 nitrogen and oxygen atoms in total. The van der Waals surface area contributed by atoms with Gasteiger partial charge in [0.1, 0.15) is 12.4 Å². The van der Waals surface area contributed by atoms with Gasteiger partial charge in [-0.3, -0.25) is 4.79 Å². The zero-order valence-corrected chi connectivity index (χ0v) is 22.4. The molecule has 2 atom stereocenters. The topological polar surface area (TPSA) is 64.6 Å². The molecule has 188 valence electrons. The van der Waals surface area contributed by atoms with Crippen molar-refractivity contribution < 1.29 is 19.1 Å². The number of dihydropyridines is 1. The van der Waals surface area contributed by atoms with Crippen molar-refractivity contribution in [1.82, 2.24) is 5.32 Å². The SMILES string of the molecule is COc1ccc([C@H]2CC(=O)C3=C(C2)NC(C)=C(C(=O)OCc2ccccc2)[C@H]3c2ccc(Br)cc2)cc1. The standard InChI is InChI=1S/C31H28BrNO4/c1-19-28(31(35)37-18-20-6-4-3-5-7-20)29(22-8-12-24(32)13-9-22)30-26(33-19)16-23(17-27(30)34)21-10-14-25(36-2)15-11-21/h3-15,23,29,33H,16-18H2,1-2H3/t23-,29-/m1/s1. The molecule has 0 saturated heterocycles. The molecule has 2 aliphatic rings. The van der Waals surface area contributed by atoms with Crippen LogP contribution in [-0.2, 0) is 20.9 Å². The molecule has 1 N–H and O–H groups in total. The molecule has 3 aromatic carbocycles. The second-order valence-electron chi connectivity index (χ2n) is 9.40. The van der Waals surface area contributed by atoms with Gasteiger partial charge in [-0.25, -0.2) is 4.79 Å². The van der Waals surface area contributed by atoms with E-state index in [1.807, 2.05) is 85.8 Å². The zero-order valence-electron chi connectivity index (χ0n) is 20.8. The molecule has 0 bridgehead atoms. The van der Waals surface area contributed by atoms with Crippen LogP contribution in [0.3, 0.4) is 0 Å². The third kappa shape index (κ3) is 5.25. The molecule has 0 aromatic heterocycles. The minimum atomic E-state index is -0.489. The van der Waals surface area contributed by atoms with E-state index in [1.165, 1.54) is 0 Å². The Hall–Kier alpha value is -3.64. The van der Waals surface area contributed by atoms with E-state index in [0.29, 0.717) is 29.7 Å². The molecule has 1 aliphatic carbocycles. The number of benzene rings is 3. The number of ether oxygens (including phenoxy) is 2. The summed E-state index contributed by atoms with van der Waals surface area (Å²) < 4.78 is 12.0. The fourth-order valence-electron chi connectivity index (χ4n) is 5.21. The number of carbonyl (C=O) groups excluding carboxylic acids is 2. The van der Waals surface area contributed by atoms with Gasteiger partial charge < -0.3 is 14.8 Å². The van der Waals surface area contributed by atoms with Crippen LogP contribution in [0.1, 0.15) is 48.3 Å². The third-order valence-corrected chi connectivity index (χ3v) is 7.58. The average Bonchev–Trinajstić information content (AvgIpc) is 2.92. The summed E-state index contributed by atoms with van der Waals surface area (Å²) >= 11 is 3.50. The van der Waals surface area contributed by atoms with Crippen molar-refractivity contribution in [3.63, 3.8) is 0 Å². The van der Waals surface area contributed by atoms with Crippen LogP contribution in [0.15, 0.2) is 106 Å². The number of carbonyl (C=O) groups is 2.